The van der Waals surface area contributed by atoms with E-state index in [1.807, 2.05) is 11.8 Å². The molecule has 0 saturated carbocycles. The Kier molecular flexibility index (Phi) is 1.43. The second-order valence-corrected chi connectivity index (χ2v) is 5.24. The molecule has 1 saturated heterocycles. The fourth-order valence-electron chi connectivity index (χ4n) is 1.91. The van der Waals surface area contributed by atoms with Crippen LogP contribution in [0.4, 0.5) is 0 Å². The Morgan fingerprint density at radius 3 is 2.64 bits per heavy atom. The van der Waals surface area contributed by atoms with Gasteiger partial charge in [-0.15, -0.1) is 11.8 Å². The molecular weight excluding hydrogens is 156 g/mol. The molecule has 0 aromatic carbocycles. The lowest BCUT2D eigenvalue weighted by Crippen LogP contribution is -2.34. The smallest absolute Gasteiger partial charge is 0.146 e. The van der Waals surface area contributed by atoms with Gasteiger partial charge in [0.2, 0.25) is 0 Å². The van der Waals surface area contributed by atoms with Crippen LogP contribution in [0.3, 0.4) is 0 Å². The Labute approximate surface area is 71.2 Å². The fourth-order valence-corrected chi connectivity index (χ4v) is 3.52. The van der Waals surface area contributed by atoms with Gasteiger partial charge in [0.05, 0.1) is 4.75 Å². The van der Waals surface area contributed by atoms with Gasteiger partial charge < -0.3 is 0 Å². The number of fused-ring (bicyclic) bond motifs is 2. The Morgan fingerprint density at radius 2 is 2.36 bits per heavy atom. The number of Topliss-reactive ketones (excluding diaryl/α,β-unsaturated/α-hetero) is 1. The van der Waals surface area contributed by atoms with E-state index in [4.69, 9.17) is 0 Å². The lowest BCUT2D eigenvalue weighted by molar-refractivity contribution is -0.119. The summed E-state index contributed by atoms with van der Waals surface area (Å²) in [5, 5.41) is 0.619. The summed E-state index contributed by atoms with van der Waals surface area (Å²) in [7, 11) is 0. The summed E-state index contributed by atoms with van der Waals surface area (Å²) in [6.45, 7) is 3.79. The molecule has 1 fully saturated rings. The number of allylic oxidation sites excluding steroid dienone is 1. The molecule has 2 bridgehead atoms. The van der Waals surface area contributed by atoms with E-state index in [9.17, 15) is 4.79 Å². The summed E-state index contributed by atoms with van der Waals surface area (Å²) in [4.78, 5) is 11.3. The molecule has 0 N–H and O–H groups in total. The molecule has 11 heavy (non-hydrogen) atoms. The zero-order chi connectivity index (χ0) is 8.06. The Bertz CT molecular complexity index is 234. The molecule has 0 aromatic rings. The SMILES string of the molecule is CC(=O)[C@]1(C)S[C@H]2C=C[C@@H]1C2. The molecule has 0 spiro atoms. The lowest BCUT2D eigenvalue weighted by atomic mass is 9.90. The number of hydrogen-bond acceptors (Lipinski definition) is 2. The Balaban J connectivity index is 2.30. The number of carbonyl (C=O) groups excluding carboxylic acids is 1. The van der Waals surface area contributed by atoms with Crippen molar-refractivity contribution in [1.29, 1.82) is 0 Å². The van der Waals surface area contributed by atoms with Crippen LogP contribution < -0.4 is 0 Å². The average Bonchev–Trinajstić information content (AvgIpc) is 2.45. The molecule has 0 aromatic heterocycles. The first kappa shape index (κ1) is 7.41. The first-order valence-corrected chi connectivity index (χ1v) is 4.88. The first-order valence-electron chi connectivity index (χ1n) is 4.00. The van der Waals surface area contributed by atoms with Crippen LogP contribution in [0, 0.1) is 5.92 Å². The molecule has 1 heterocycles. The van der Waals surface area contributed by atoms with Crippen molar-refractivity contribution in [3.63, 3.8) is 0 Å². The number of ketones is 1. The number of thioether (sulfide) groups is 1. The second-order valence-electron chi connectivity index (χ2n) is 3.55. The zero-order valence-corrected chi connectivity index (χ0v) is 7.65. The standard InChI is InChI=1S/C9H12OS/c1-6(10)9(2)7-3-4-8(5-7)11-9/h3-4,7-8H,5H2,1-2H3/t7-,8+,9+/m1/s1. The topological polar surface area (TPSA) is 17.1 Å². The predicted octanol–water partition coefficient (Wildman–Crippen LogP) is 2.03. The monoisotopic (exact) mass is 168 g/mol. The normalized spacial score (nSPS) is 46.7. The Hall–Kier alpha value is -0.240. The molecule has 0 radical (unpaired) electrons. The largest absolute Gasteiger partial charge is 0.298 e. The fraction of sp³-hybridized carbons (Fsp3) is 0.667. The van der Waals surface area contributed by atoms with Gasteiger partial charge in [-0.1, -0.05) is 12.2 Å². The maximum atomic E-state index is 11.3. The van der Waals surface area contributed by atoms with Gasteiger partial charge in [-0.05, 0) is 26.2 Å². The van der Waals surface area contributed by atoms with E-state index in [0.717, 1.165) is 0 Å². The van der Waals surface area contributed by atoms with E-state index >= 15 is 0 Å². The average molecular weight is 168 g/mol. The van der Waals surface area contributed by atoms with Gasteiger partial charge in [-0.3, -0.25) is 4.79 Å². The molecule has 1 aliphatic carbocycles. The number of rotatable bonds is 1. The third-order valence-corrected chi connectivity index (χ3v) is 4.58. The highest BCUT2D eigenvalue weighted by atomic mass is 32.2. The molecule has 2 heteroatoms. The van der Waals surface area contributed by atoms with Crippen molar-refractivity contribution in [3.05, 3.63) is 12.2 Å². The van der Waals surface area contributed by atoms with Gasteiger partial charge in [0.15, 0.2) is 0 Å². The molecule has 0 amide bonds. The van der Waals surface area contributed by atoms with Crippen molar-refractivity contribution < 1.29 is 4.79 Å². The summed E-state index contributed by atoms with van der Waals surface area (Å²) >= 11 is 1.83. The van der Waals surface area contributed by atoms with E-state index in [1.165, 1.54) is 6.42 Å². The van der Waals surface area contributed by atoms with Crippen molar-refractivity contribution in [2.24, 2.45) is 5.92 Å². The van der Waals surface area contributed by atoms with Crippen LogP contribution in [0.2, 0.25) is 0 Å². The molecule has 0 unspecified atom stereocenters. The molecular formula is C9H12OS. The summed E-state index contributed by atoms with van der Waals surface area (Å²) in [5.74, 6) is 0.842. The molecule has 1 nitrogen and oxygen atoms in total. The van der Waals surface area contributed by atoms with Gasteiger partial charge in [0, 0.05) is 5.25 Å². The maximum absolute atomic E-state index is 11.3. The quantitative estimate of drug-likeness (QED) is 0.557. The van der Waals surface area contributed by atoms with Crippen LogP contribution in [0.25, 0.3) is 0 Å². The molecule has 3 atom stereocenters. The highest BCUT2D eigenvalue weighted by Gasteiger charge is 2.48. The Morgan fingerprint density at radius 1 is 1.64 bits per heavy atom. The van der Waals surface area contributed by atoms with Gasteiger partial charge in [-0.2, -0.15) is 0 Å². The van der Waals surface area contributed by atoms with Crippen LogP contribution in [0.15, 0.2) is 12.2 Å². The zero-order valence-electron chi connectivity index (χ0n) is 6.83. The minimum absolute atomic E-state index is 0.0978. The minimum Gasteiger partial charge on any atom is -0.298 e. The first-order chi connectivity index (χ1) is 5.13. The summed E-state index contributed by atoms with van der Waals surface area (Å²) < 4.78 is -0.0978. The van der Waals surface area contributed by atoms with Crippen molar-refractivity contribution in [2.45, 2.75) is 30.3 Å². The third kappa shape index (κ3) is 0.886. The van der Waals surface area contributed by atoms with Crippen LogP contribution in [-0.4, -0.2) is 15.8 Å². The highest BCUT2D eigenvalue weighted by molar-refractivity contribution is 8.02. The van der Waals surface area contributed by atoms with Crippen LogP contribution >= 0.6 is 11.8 Å². The third-order valence-electron chi connectivity index (χ3n) is 2.85. The predicted molar refractivity (Wildman–Crippen MR) is 47.7 cm³/mol. The summed E-state index contributed by atoms with van der Waals surface area (Å²) in [6.07, 6.45) is 5.63. The second kappa shape index (κ2) is 2.13. The molecule has 2 aliphatic rings. The van der Waals surface area contributed by atoms with Crippen molar-refractivity contribution in [3.8, 4) is 0 Å². The van der Waals surface area contributed by atoms with E-state index in [2.05, 4.69) is 19.1 Å². The van der Waals surface area contributed by atoms with Gasteiger partial charge in [-0.25, -0.2) is 0 Å². The summed E-state index contributed by atoms with van der Waals surface area (Å²) in [6, 6.07) is 0. The van der Waals surface area contributed by atoms with E-state index in [-0.39, 0.29) is 4.75 Å². The van der Waals surface area contributed by atoms with E-state index < -0.39 is 0 Å². The number of carbonyl (C=O) groups is 1. The number of hydrogen-bond donors (Lipinski definition) is 0. The molecule has 2 rings (SSSR count). The molecule has 60 valence electrons. The lowest BCUT2D eigenvalue weighted by Gasteiger charge is -2.27. The van der Waals surface area contributed by atoms with Crippen LogP contribution in [-0.2, 0) is 4.79 Å². The highest BCUT2D eigenvalue weighted by Crippen LogP contribution is 2.52. The maximum Gasteiger partial charge on any atom is 0.146 e. The van der Waals surface area contributed by atoms with Gasteiger partial charge in [0.1, 0.15) is 5.78 Å². The van der Waals surface area contributed by atoms with Crippen molar-refractivity contribution in [1.82, 2.24) is 0 Å². The van der Waals surface area contributed by atoms with E-state index in [1.54, 1.807) is 6.92 Å². The van der Waals surface area contributed by atoms with Crippen LogP contribution in [0.1, 0.15) is 20.3 Å². The van der Waals surface area contributed by atoms with E-state index in [0.29, 0.717) is 17.0 Å². The van der Waals surface area contributed by atoms with Gasteiger partial charge in [0.25, 0.3) is 0 Å². The van der Waals surface area contributed by atoms with Crippen molar-refractivity contribution >= 4 is 17.5 Å². The van der Waals surface area contributed by atoms with Gasteiger partial charge >= 0.3 is 0 Å². The van der Waals surface area contributed by atoms with Crippen LogP contribution in [0.5, 0.6) is 0 Å². The van der Waals surface area contributed by atoms with Crippen molar-refractivity contribution in [2.75, 3.05) is 0 Å². The minimum atomic E-state index is -0.0978. The molecule has 1 aliphatic heterocycles. The summed E-state index contributed by atoms with van der Waals surface area (Å²) in [5.41, 5.74) is 0.